The first-order valence-electron chi connectivity index (χ1n) is 8.81. The van der Waals surface area contributed by atoms with Crippen LogP contribution in [0.4, 0.5) is 0 Å². The monoisotopic (exact) mass is 402 g/mol. The minimum absolute atomic E-state index is 0.104. The highest BCUT2D eigenvalue weighted by molar-refractivity contribution is 8.00. The van der Waals surface area contributed by atoms with E-state index in [2.05, 4.69) is 10.3 Å². The van der Waals surface area contributed by atoms with E-state index in [0.717, 1.165) is 10.1 Å². The first-order valence-corrected chi connectivity index (χ1v) is 9.80. The molecule has 0 aliphatic carbocycles. The minimum Gasteiger partial charge on any atom is -0.467 e. The van der Waals surface area contributed by atoms with Crippen molar-refractivity contribution in [3.63, 3.8) is 0 Å². The van der Waals surface area contributed by atoms with Crippen LogP contribution in [0.3, 0.4) is 0 Å². The molecular formula is C19H22N4O4S. The van der Waals surface area contributed by atoms with Crippen LogP contribution in [0.2, 0.25) is 0 Å². The van der Waals surface area contributed by atoms with Crippen LogP contribution in [0.1, 0.15) is 31.1 Å². The van der Waals surface area contributed by atoms with Crippen molar-refractivity contribution in [2.45, 2.75) is 31.2 Å². The number of amides is 1. The van der Waals surface area contributed by atoms with Gasteiger partial charge >= 0.3 is 5.69 Å². The number of nitrogens with one attached hydrogen (secondary N) is 1. The summed E-state index contributed by atoms with van der Waals surface area (Å²) in [6.45, 7) is 4.30. The lowest BCUT2D eigenvalue weighted by Gasteiger charge is -2.16. The van der Waals surface area contributed by atoms with Crippen molar-refractivity contribution in [1.82, 2.24) is 19.4 Å². The Morgan fingerprint density at radius 1 is 1.29 bits per heavy atom. The maximum Gasteiger partial charge on any atom is 0.332 e. The van der Waals surface area contributed by atoms with Gasteiger partial charge in [-0.3, -0.25) is 18.7 Å². The van der Waals surface area contributed by atoms with E-state index in [4.69, 9.17) is 4.42 Å². The Morgan fingerprint density at radius 2 is 2.04 bits per heavy atom. The number of nitrogens with zero attached hydrogens (tertiary/aromatic N) is 3. The number of rotatable bonds is 6. The van der Waals surface area contributed by atoms with Crippen LogP contribution >= 0.6 is 11.8 Å². The van der Waals surface area contributed by atoms with E-state index < -0.39 is 11.2 Å². The highest BCUT2D eigenvalue weighted by atomic mass is 32.2. The van der Waals surface area contributed by atoms with Crippen molar-refractivity contribution in [2.24, 2.45) is 14.1 Å². The fourth-order valence-corrected chi connectivity index (χ4v) is 4.03. The number of carbonyl (C=O) groups excluding carboxylic acids is 1. The van der Waals surface area contributed by atoms with Crippen LogP contribution in [-0.4, -0.2) is 25.8 Å². The fourth-order valence-electron chi connectivity index (χ4n) is 2.87. The molecule has 28 heavy (non-hydrogen) atoms. The van der Waals surface area contributed by atoms with Gasteiger partial charge < -0.3 is 9.73 Å². The van der Waals surface area contributed by atoms with Crippen LogP contribution in [0.25, 0.3) is 11.0 Å². The molecule has 8 nitrogen and oxygen atoms in total. The molecule has 0 fully saturated rings. The highest BCUT2D eigenvalue weighted by Gasteiger charge is 2.20. The number of carbonyl (C=O) groups is 1. The molecule has 0 bridgehead atoms. The van der Waals surface area contributed by atoms with Gasteiger partial charge in [-0.2, -0.15) is 0 Å². The van der Waals surface area contributed by atoms with E-state index in [1.54, 1.807) is 31.6 Å². The van der Waals surface area contributed by atoms with Crippen LogP contribution in [-0.2, 0) is 25.4 Å². The maximum absolute atomic E-state index is 12.8. The lowest BCUT2D eigenvalue weighted by Crippen LogP contribution is -2.37. The van der Waals surface area contributed by atoms with E-state index in [9.17, 15) is 14.4 Å². The molecule has 148 valence electrons. The molecule has 3 aromatic heterocycles. The van der Waals surface area contributed by atoms with Crippen LogP contribution in [0.5, 0.6) is 0 Å². The van der Waals surface area contributed by atoms with Gasteiger partial charge in [0.15, 0.2) is 0 Å². The second kappa shape index (κ2) is 8.05. The van der Waals surface area contributed by atoms with Gasteiger partial charge in [0, 0.05) is 25.2 Å². The Hall–Kier alpha value is -2.81. The minimum atomic E-state index is -0.436. The molecule has 0 aliphatic heterocycles. The van der Waals surface area contributed by atoms with Crippen molar-refractivity contribution >= 4 is 28.7 Å². The molecule has 0 aromatic carbocycles. The van der Waals surface area contributed by atoms with E-state index in [-0.39, 0.29) is 17.6 Å². The summed E-state index contributed by atoms with van der Waals surface area (Å²) in [6, 6.07) is 3.54. The zero-order valence-corrected chi connectivity index (χ0v) is 17.0. The van der Waals surface area contributed by atoms with E-state index in [0.29, 0.717) is 28.2 Å². The Morgan fingerprint density at radius 3 is 2.68 bits per heavy atom. The fraction of sp³-hybridized carbons (Fsp3) is 0.368. The normalized spacial score (nSPS) is 11.3. The third-order valence-corrected chi connectivity index (χ3v) is 5.59. The van der Waals surface area contributed by atoms with Gasteiger partial charge in [-0.1, -0.05) is 13.8 Å². The van der Waals surface area contributed by atoms with Crippen molar-refractivity contribution in [3.05, 3.63) is 56.8 Å². The molecule has 0 atom stereocenters. The molecule has 9 heteroatoms. The van der Waals surface area contributed by atoms with Crippen molar-refractivity contribution in [1.29, 1.82) is 0 Å². The molecule has 3 heterocycles. The lowest BCUT2D eigenvalue weighted by molar-refractivity contribution is -0.118. The second-order valence-corrected chi connectivity index (χ2v) is 7.73. The third kappa shape index (κ3) is 3.75. The molecular weight excluding hydrogens is 380 g/mol. The van der Waals surface area contributed by atoms with E-state index in [1.807, 2.05) is 13.8 Å². The summed E-state index contributed by atoms with van der Waals surface area (Å²) in [4.78, 5) is 42.3. The van der Waals surface area contributed by atoms with Gasteiger partial charge in [-0.25, -0.2) is 9.78 Å². The Bertz CT molecular complexity index is 1130. The number of fused-ring (bicyclic) bond motifs is 1. The zero-order valence-electron chi connectivity index (χ0n) is 16.2. The van der Waals surface area contributed by atoms with Crippen LogP contribution < -0.4 is 16.6 Å². The molecule has 0 aliphatic rings. The molecule has 0 radical (unpaired) electrons. The number of hydrogen-bond acceptors (Lipinski definition) is 6. The Kier molecular flexibility index (Phi) is 5.73. The van der Waals surface area contributed by atoms with Crippen molar-refractivity contribution < 1.29 is 9.21 Å². The molecule has 1 N–H and O–H groups in total. The first-order chi connectivity index (χ1) is 13.3. The van der Waals surface area contributed by atoms with Gasteiger partial charge in [0.1, 0.15) is 11.4 Å². The Labute approximate surface area is 165 Å². The summed E-state index contributed by atoms with van der Waals surface area (Å²) in [6.07, 6.45) is 3.23. The number of furan rings is 1. The number of pyridine rings is 1. The lowest BCUT2D eigenvalue weighted by atomic mass is 10.0. The van der Waals surface area contributed by atoms with Gasteiger partial charge in [0.05, 0.1) is 23.9 Å². The van der Waals surface area contributed by atoms with Gasteiger partial charge in [0.2, 0.25) is 5.91 Å². The average Bonchev–Trinajstić information content (AvgIpc) is 3.20. The number of aromatic nitrogens is 3. The standard InChI is InChI=1S/C19H22N4O4S/c1-11(2)13-9-21-17-15(18(25)23(4)19(26)22(17)3)16(13)28-10-14(24)20-8-12-6-5-7-27-12/h5-7,9,11H,8,10H2,1-4H3,(H,20,24). The topological polar surface area (TPSA) is 99.1 Å². The molecule has 0 saturated heterocycles. The summed E-state index contributed by atoms with van der Waals surface area (Å²) >= 11 is 1.28. The molecule has 3 rings (SSSR count). The summed E-state index contributed by atoms with van der Waals surface area (Å²) in [5.41, 5.74) is 0.337. The van der Waals surface area contributed by atoms with Gasteiger partial charge in [-0.15, -0.1) is 11.8 Å². The van der Waals surface area contributed by atoms with Gasteiger partial charge in [-0.05, 0) is 23.6 Å². The Balaban J connectivity index is 1.96. The smallest absolute Gasteiger partial charge is 0.332 e. The van der Waals surface area contributed by atoms with Crippen molar-refractivity contribution in [3.8, 4) is 0 Å². The quantitative estimate of drug-likeness (QED) is 0.631. The summed E-state index contributed by atoms with van der Waals surface area (Å²) in [5, 5.41) is 3.15. The predicted octanol–water partition coefficient (Wildman–Crippen LogP) is 1.76. The molecule has 0 saturated carbocycles. The summed E-state index contributed by atoms with van der Waals surface area (Å²) in [7, 11) is 3.02. The predicted molar refractivity (Wildman–Crippen MR) is 108 cm³/mol. The molecule has 0 spiro atoms. The molecule has 1 amide bonds. The van der Waals surface area contributed by atoms with E-state index >= 15 is 0 Å². The first kappa shape index (κ1) is 19.9. The maximum atomic E-state index is 12.8. The highest BCUT2D eigenvalue weighted by Crippen LogP contribution is 2.32. The summed E-state index contributed by atoms with van der Waals surface area (Å²) < 4.78 is 7.62. The number of thioether (sulfide) groups is 1. The largest absolute Gasteiger partial charge is 0.467 e. The number of hydrogen-bond donors (Lipinski definition) is 1. The van der Waals surface area contributed by atoms with E-state index in [1.165, 1.54) is 23.4 Å². The SMILES string of the molecule is CC(C)c1cnc2c(c1SCC(=O)NCc1ccco1)c(=O)n(C)c(=O)n2C. The van der Waals surface area contributed by atoms with Gasteiger partial charge in [0.25, 0.3) is 5.56 Å². The molecule has 3 aromatic rings. The third-order valence-electron chi connectivity index (χ3n) is 4.46. The second-order valence-electron chi connectivity index (χ2n) is 6.75. The summed E-state index contributed by atoms with van der Waals surface area (Å²) in [5.74, 6) is 0.723. The average molecular weight is 402 g/mol. The molecule has 0 unspecified atom stereocenters. The van der Waals surface area contributed by atoms with Crippen molar-refractivity contribution in [2.75, 3.05) is 5.75 Å². The van der Waals surface area contributed by atoms with Crippen LogP contribution in [0.15, 0.2) is 43.5 Å². The number of aryl methyl sites for hydroxylation is 1. The zero-order chi connectivity index (χ0) is 20.4. The van der Waals surface area contributed by atoms with Crippen LogP contribution in [0, 0.1) is 0 Å².